The second-order valence-corrected chi connectivity index (χ2v) is 8.10. The van der Waals surface area contributed by atoms with E-state index in [1.54, 1.807) is 12.1 Å². The monoisotopic (exact) mass is 430 g/mol. The van der Waals surface area contributed by atoms with Crippen LogP contribution in [-0.4, -0.2) is 56.7 Å². The molecule has 3 aromatic heterocycles. The molecule has 0 N–H and O–H groups in total. The number of hydrogen-bond donors (Lipinski definition) is 0. The fourth-order valence-corrected chi connectivity index (χ4v) is 3.99. The Bertz CT molecular complexity index is 1210. The molecule has 0 aliphatic carbocycles. The van der Waals surface area contributed by atoms with Crippen molar-refractivity contribution in [1.29, 1.82) is 0 Å². The van der Waals surface area contributed by atoms with Crippen LogP contribution < -0.4 is 4.90 Å². The molecule has 164 valence electrons. The third-order valence-electron chi connectivity index (χ3n) is 6.08. The topological polar surface area (TPSA) is 80.3 Å². The van der Waals surface area contributed by atoms with Gasteiger partial charge in [-0.25, -0.2) is 14.6 Å². The van der Waals surface area contributed by atoms with E-state index in [1.807, 2.05) is 46.1 Å². The first kappa shape index (κ1) is 20.2. The van der Waals surface area contributed by atoms with Crippen LogP contribution >= 0.6 is 0 Å². The summed E-state index contributed by atoms with van der Waals surface area (Å²) >= 11 is 0. The minimum absolute atomic E-state index is 0.0697. The van der Waals surface area contributed by atoms with Gasteiger partial charge in [0.2, 0.25) is 0 Å². The average molecular weight is 431 g/mol. The van der Waals surface area contributed by atoms with Crippen molar-refractivity contribution in [3.63, 3.8) is 0 Å². The summed E-state index contributed by atoms with van der Waals surface area (Å²) < 4.78 is 7.16. The minimum Gasteiger partial charge on any atom is -0.459 e. The van der Waals surface area contributed by atoms with Crippen molar-refractivity contribution >= 4 is 22.8 Å². The number of amides is 1. The van der Waals surface area contributed by atoms with E-state index in [2.05, 4.69) is 23.8 Å². The molecule has 0 radical (unpaired) electrons. The van der Waals surface area contributed by atoms with Crippen LogP contribution in [0.15, 0.2) is 59.3 Å². The van der Waals surface area contributed by atoms with Crippen molar-refractivity contribution in [2.75, 3.05) is 31.1 Å². The molecule has 1 fully saturated rings. The summed E-state index contributed by atoms with van der Waals surface area (Å²) in [5.41, 5.74) is 1.78. The maximum absolute atomic E-state index is 12.6. The molecule has 32 heavy (non-hydrogen) atoms. The van der Waals surface area contributed by atoms with Crippen LogP contribution in [0.1, 0.15) is 42.6 Å². The molecule has 8 heteroatoms. The lowest BCUT2D eigenvalue weighted by molar-refractivity contribution is 0.0714. The third-order valence-corrected chi connectivity index (χ3v) is 6.08. The summed E-state index contributed by atoms with van der Waals surface area (Å²) in [6.07, 6.45) is 4.33. The Morgan fingerprint density at radius 2 is 1.84 bits per heavy atom. The largest absolute Gasteiger partial charge is 0.459 e. The van der Waals surface area contributed by atoms with Crippen molar-refractivity contribution in [1.82, 2.24) is 24.6 Å². The molecule has 1 aliphatic heterocycles. The van der Waals surface area contributed by atoms with Gasteiger partial charge in [-0.15, -0.1) is 0 Å². The quantitative estimate of drug-likeness (QED) is 0.478. The first-order chi connectivity index (χ1) is 15.7. The summed E-state index contributed by atoms with van der Waals surface area (Å²) in [7, 11) is 0. The molecule has 1 saturated heterocycles. The predicted octanol–water partition coefficient (Wildman–Crippen LogP) is 3.88. The highest BCUT2D eigenvalue weighted by Crippen LogP contribution is 2.29. The number of piperazine rings is 1. The molecule has 4 heterocycles. The molecule has 1 unspecified atom stereocenters. The fourth-order valence-electron chi connectivity index (χ4n) is 3.99. The van der Waals surface area contributed by atoms with Crippen LogP contribution in [-0.2, 0) is 0 Å². The van der Waals surface area contributed by atoms with E-state index in [0.717, 1.165) is 34.8 Å². The smallest absolute Gasteiger partial charge is 0.289 e. The molecule has 1 aromatic carbocycles. The summed E-state index contributed by atoms with van der Waals surface area (Å²) in [6, 6.07) is 13.5. The number of nitrogens with zero attached hydrogens (tertiary/aromatic N) is 6. The molecule has 5 rings (SSSR count). The van der Waals surface area contributed by atoms with Gasteiger partial charge in [0, 0.05) is 32.1 Å². The van der Waals surface area contributed by atoms with Gasteiger partial charge in [-0.05, 0) is 30.7 Å². The first-order valence-electron chi connectivity index (χ1n) is 11.0. The Morgan fingerprint density at radius 3 is 2.53 bits per heavy atom. The number of carbonyl (C=O) groups excluding carboxylic acids is 1. The minimum atomic E-state index is -0.0697. The zero-order valence-electron chi connectivity index (χ0n) is 18.3. The maximum atomic E-state index is 12.6. The molecule has 1 aliphatic rings. The predicted molar refractivity (Wildman–Crippen MR) is 122 cm³/mol. The van der Waals surface area contributed by atoms with Gasteiger partial charge in [0.1, 0.15) is 11.6 Å². The number of carbonyl (C=O) groups is 1. The molecule has 8 nitrogen and oxygen atoms in total. The summed E-state index contributed by atoms with van der Waals surface area (Å²) in [4.78, 5) is 26.6. The van der Waals surface area contributed by atoms with Crippen LogP contribution in [0.2, 0.25) is 0 Å². The molecular formula is C24H26N6O2. The summed E-state index contributed by atoms with van der Waals surface area (Å²) in [5.74, 6) is 2.25. The van der Waals surface area contributed by atoms with Gasteiger partial charge in [0.05, 0.1) is 23.5 Å². The molecule has 4 aromatic rings. The van der Waals surface area contributed by atoms with Crippen LogP contribution in [0.5, 0.6) is 0 Å². The lowest BCUT2D eigenvalue weighted by atomic mass is 10.1. The standard InChI is InChI=1S/C24H26N6O2/c1-3-17(2)21-26-22(19-16-25-30(23(19)27-21)18-8-5-4-6-9-18)28-11-13-29(14-12-28)24(31)20-10-7-15-32-20/h4-10,15-17H,3,11-14H2,1-2H3. The number of para-hydroxylation sites is 1. The molecule has 1 atom stereocenters. The first-order valence-corrected chi connectivity index (χ1v) is 11.0. The SMILES string of the molecule is CCC(C)c1nc(N2CCN(C(=O)c3ccco3)CC2)c2cnn(-c3ccccc3)c2n1. The van der Waals surface area contributed by atoms with Crippen molar-refractivity contribution < 1.29 is 9.21 Å². The van der Waals surface area contributed by atoms with Crippen molar-refractivity contribution in [3.8, 4) is 5.69 Å². The number of fused-ring (bicyclic) bond motifs is 1. The van der Waals surface area contributed by atoms with Gasteiger partial charge in [0.15, 0.2) is 11.4 Å². The Hall–Kier alpha value is -3.68. The van der Waals surface area contributed by atoms with Crippen LogP contribution in [0.25, 0.3) is 16.7 Å². The Kier molecular flexibility index (Phi) is 5.34. The molecule has 0 bridgehead atoms. The van der Waals surface area contributed by atoms with Crippen LogP contribution in [0, 0.1) is 0 Å². The lowest BCUT2D eigenvalue weighted by Gasteiger charge is -2.35. The average Bonchev–Trinajstić information content (AvgIpc) is 3.53. The van der Waals surface area contributed by atoms with E-state index in [4.69, 9.17) is 14.4 Å². The van der Waals surface area contributed by atoms with E-state index in [1.165, 1.54) is 6.26 Å². The van der Waals surface area contributed by atoms with Crippen molar-refractivity contribution in [2.45, 2.75) is 26.2 Å². The van der Waals surface area contributed by atoms with Gasteiger partial charge in [-0.3, -0.25) is 4.79 Å². The van der Waals surface area contributed by atoms with E-state index in [-0.39, 0.29) is 11.8 Å². The normalized spacial score (nSPS) is 15.3. The highest BCUT2D eigenvalue weighted by Gasteiger charge is 2.27. The number of benzene rings is 1. The summed E-state index contributed by atoms with van der Waals surface area (Å²) in [6.45, 7) is 6.89. The molecule has 0 saturated carbocycles. The number of furan rings is 1. The van der Waals surface area contributed by atoms with Crippen molar-refractivity contribution in [2.24, 2.45) is 0 Å². The number of anilines is 1. The van der Waals surface area contributed by atoms with E-state index < -0.39 is 0 Å². The molecule has 0 spiro atoms. The van der Waals surface area contributed by atoms with Crippen LogP contribution in [0.4, 0.5) is 5.82 Å². The van der Waals surface area contributed by atoms with Crippen molar-refractivity contribution in [3.05, 3.63) is 66.5 Å². The van der Waals surface area contributed by atoms with E-state index in [0.29, 0.717) is 31.9 Å². The number of aromatic nitrogens is 4. The van der Waals surface area contributed by atoms with Crippen LogP contribution in [0.3, 0.4) is 0 Å². The fraction of sp³-hybridized carbons (Fsp3) is 0.333. The second-order valence-electron chi connectivity index (χ2n) is 8.10. The number of hydrogen-bond acceptors (Lipinski definition) is 6. The molecular weight excluding hydrogens is 404 g/mol. The zero-order chi connectivity index (χ0) is 22.1. The van der Waals surface area contributed by atoms with Gasteiger partial charge in [-0.1, -0.05) is 32.0 Å². The highest BCUT2D eigenvalue weighted by atomic mass is 16.3. The highest BCUT2D eigenvalue weighted by molar-refractivity contribution is 5.92. The van der Waals surface area contributed by atoms with Gasteiger partial charge < -0.3 is 14.2 Å². The Morgan fingerprint density at radius 1 is 1.06 bits per heavy atom. The Balaban J connectivity index is 1.48. The van der Waals surface area contributed by atoms with Gasteiger partial charge in [0.25, 0.3) is 5.91 Å². The second kappa shape index (κ2) is 8.45. The van der Waals surface area contributed by atoms with Gasteiger partial charge in [-0.2, -0.15) is 5.10 Å². The maximum Gasteiger partial charge on any atom is 0.289 e. The summed E-state index contributed by atoms with van der Waals surface area (Å²) in [5, 5.41) is 5.56. The van der Waals surface area contributed by atoms with E-state index >= 15 is 0 Å². The Labute approximate surface area is 186 Å². The van der Waals surface area contributed by atoms with E-state index in [9.17, 15) is 4.79 Å². The molecule has 1 amide bonds. The van der Waals surface area contributed by atoms with Gasteiger partial charge >= 0.3 is 0 Å². The third kappa shape index (κ3) is 3.62. The lowest BCUT2D eigenvalue weighted by Crippen LogP contribution is -2.49. The number of rotatable bonds is 5. The zero-order valence-corrected chi connectivity index (χ0v) is 18.3.